The van der Waals surface area contributed by atoms with Gasteiger partial charge in [-0.25, -0.2) is 13.4 Å². The van der Waals surface area contributed by atoms with E-state index in [-0.39, 0.29) is 22.7 Å². The largest absolute Gasteiger partial charge is 0.398 e. The maximum atomic E-state index is 12.4. The first-order chi connectivity index (χ1) is 8.92. The van der Waals surface area contributed by atoms with E-state index in [1.165, 1.54) is 6.07 Å². The molecule has 0 aliphatic carbocycles. The molecule has 0 spiro atoms. The molecular formula is C13H21N3O2S. The SMILES string of the molecule is CC1CCCC(C)N1NS(=O)(=O)c1ccccc1N. The van der Waals surface area contributed by atoms with Crippen LogP contribution < -0.4 is 10.6 Å². The predicted octanol–water partition coefficient (Wildman–Crippen LogP) is 1.73. The number of nitrogen functional groups attached to an aromatic ring is 1. The number of benzene rings is 1. The number of rotatable bonds is 3. The van der Waals surface area contributed by atoms with E-state index in [2.05, 4.69) is 4.83 Å². The molecule has 0 saturated carbocycles. The summed E-state index contributed by atoms with van der Waals surface area (Å²) in [6.45, 7) is 4.07. The Kier molecular flexibility index (Phi) is 4.13. The van der Waals surface area contributed by atoms with Crippen LogP contribution in [0, 0.1) is 0 Å². The third-order valence-electron chi connectivity index (χ3n) is 3.63. The first kappa shape index (κ1) is 14.3. The fourth-order valence-corrected chi connectivity index (χ4v) is 3.89. The van der Waals surface area contributed by atoms with Crippen LogP contribution in [-0.2, 0) is 10.0 Å². The van der Waals surface area contributed by atoms with Crippen molar-refractivity contribution in [3.05, 3.63) is 24.3 Å². The van der Waals surface area contributed by atoms with E-state index >= 15 is 0 Å². The van der Waals surface area contributed by atoms with Crippen LogP contribution >= 0.6 is 0 Å². The summed E-state index contributed by atoms with van der Waals surface area (Å²) in [5.41, 5.74) is 6.01. The highest BCUT2D eigenvalue weighted by atomic mass is 32.2. The first-order valence-electron chi connectivity index (χ1n) is 6.57. The van der Waals surface area contributed by atoms with E-state index in [0.717, 1.165) is 19.3 Å². The Hall–Kier alpha value is -1.11. The van der Waals surface area contributed by atoms with Gasteiger partial charge in [-0.2, -0.15) is 0 Å². The van der Waals surface area contributed by atoms with E-state index in [1.54, 1.807) is 18.2 Å². The molecule has 106 valence electrons. The lowest BCUT2D eigenvalue weighted by Crippen LogP contribution is -2.54. The number of anilines is 1. The van der Waals surface area contributed by atoms with Crippen LogP contribution in [-0.4, -0.2) is 25.5 Å². The van der Waals surface area contributed by atoms with Crippen molar-refractivity contribution in [2.45, 2.75) is 50.1 Å². The van der Waals surface area contributed by atoms with Crippen LogP contribution in [0.4, 0.5) is 5.69 Å². The Morgan fingerprint density at radius 3 is 2.37 bits per heavy atom. The highest BCUT2D eigenvalue weighted by molar-refractivity contribution is 7.89. The van der Waals surface area contributed by atoms with Gasteiger partial charge in [-0.1, -0.05) is 18.6 Å². The summed E-state index contributed by atoms with van der Waals surface area (Å²) in [4.78, 5) is 2.82. The summed E-state index contributed by atoms with van der Waals surface area (Å²) in [7, 11) is -3.61. The molecule has 1 aliphatic rings. The lowest BCUT2D eigenvalue weighted by Gasteiger charge is -2.38. The molecule has 5 nitrogen and oxygen atoms in total. The van der Waals surface area contributed by atoms with Gasteiger partial charge in [0.05, 0.1) is 5.69 Å². The minimum atomic E-state index is -3.61. The van der Waals surface area contributed by atoms with Crippen LogP contribution in [0.5, 0.6) is 0 Å². The summed E-state index contributed by atoms with van der Waals surface area (Å²) in [6, 6.07) is 6.91. The fourth-order valence-electron chi connectivity index (χ4n) is 2.51. The number of piperidine rings is 1. The van der Waals surface area contributed by atoms with Crippen LogP contribution in [0.3, 0.4) is 0 Å². The van der Waals surface area contributed by atoms with Crippen molar-refractivity contribution in [2.24, 2.45) is 0 Å². The normalized spacial score (nSPS) is 25.4. The number of nitrogens with zero attached hydrogens (tertiary/aromatic N) is 1. The van der Waals surface area contributed by atoms with Crippen molar-refractivity contribution in [3.63, 3.8) is 0 Å². The quantitative estimate of drug-likeness (QED) is 0.828. The number of hydrogen-bond acceptors (Lipinski definition) is 4. The second kappa shape index (κ2) is 5.48. The summed E-state index contributed by atoms with van der Waals surface area (Å²) in [5.74, 6) is 0. The number of para-hydroxylation sites is 1. The van der Waals surface area contributed by atoms with Crippen molar-refractivity contribution in [1.82, 2.24) is 9.84 Å². The predicted molar refractivity (Wildman–Crippen MR) is 75.8 cm³/mol. The minimum Gasteiger partial charge on any atom is -0.398 e. The Morgan fingerprint density at radius 1 is 1.21 bits per heavy atom. The summed E-state index contributed by atoms with van der Waals surface area (Å²) in [6.07, 6.45) is 3.13. The minimum absolute atomic E-state index is 0.139. The molecule has 1 saturated heterocycles. The lowest BCUT2D eigenvalue weighted by atomic mass is 10.0. The number of hydrogen-bond donors (Lipinski definition) is 2. The fraction of sp³-hybridized carbons (Fsp3) is 0.538. The molecule has 0 bridgehead atoms. The van der Waals surface area contributed by atoms with Crippen molar-refractivity contribution in [1.29, 1.82) is 0 Å². The Balaban J connectivity index is 2.24. The molecule has 0 amide bonds. The number of hydrazine groups is 1. The van der Waals surface area contributed by atoms with E-state index in [9.17, 15) is 8.42 Å². The maximum absolute atomic E-state index is 12.4. The molecule has 1 aromatic rings. The number of nitrogens with one attached hydrogen (secondary N) is 1. The van der Waals surface area contributed by atoms with E-state index < -0.39 is 10.0 Å². The molecule has 2 atom stereocenters. The zero-order valence-electron chi connectivity index (χ0n) is 11.3. The van der Waals surface area contributed by atoms with Gasteiger partial charge in [0.25, 0.3) is 10.0 Å². The van der Waals surface area contributed by atoms with E-state index in [0.29, 0.717) is 0 Å². The first-order valence-corrected chi connectivity index (χ1v) is 8.05. The topological polar surface area (TPSA) is 75.4 Å². The van der Waals surface area contributed by atoms with E-state index in [1.807, 2.05) is 18.9 Å². The molecule has 2 rings (SSSR count). The van der Waals surface area contributed by atoms with Crippen LogP contribution in [0.1, 0.15) is 33.1 Å². The highest BCUT2D eigenvalue weighted by Crippen LogP contribution is 2.23. The third kappa shape index (κ3) is 3.08. The van der Waals surface area contributed by atoms with Crippen molar-refractivity contribution >= 4 is 15.7 Å². The van der Waals surface area contributed by atoms with Crippen LogP contribution in [0.2, 0.25) is 0 Å². The van der Waals surface area contributed by atoms with E-state index in [4.69, 9.17) is 5.73 Å². The maximum Gasteiger partial charge on any atom is 0.255 e. The highest BCUT2D eigenvalue weighted by Gasteiger charge is 2.29. The van der Waals surface area contributed by atoms with Crippen LogP contribution in [0.25, 0.3) is 0 Å². The van der Waals surface area contributed by atoms with Gasteiger partial charge in [-0.05, 0) is 38.8 Å². The van der Waals surface area contributed by atoms with Crippen molar-refractivity contribution < 1.29 is 8.42 Å². The Morgan fingerprint density at radius 2 is 1.79 bits per heavy atom. The van der Waals surface area contributed by atoms with Gasteiger partial charge < -0.3 is 5.73 Å². The monoisotopic (exact) mass is 283 g/mol. The zero-order valence-corrected chi connectivity index (χ0v) is 12.2. The van der Waals surface area contributed by atoms with Gasteiger partial charge in [0, 0.05) is 12.1 Å². The molecule has 1 heterocycles. The molecule has 19 heavy (non-hydrogen) atoms. The van der Waals surface area contributed by atoms with Gasteiger partial charge in [-0.3, -0.25) is 0 Å². The summed E-state index contributed by atoms with van der Waals surface area (Å²) >= 11 is 0. The van der Waals surface area contributed by atoms with Crippen LogP contribution in [0.15, 0.2) is 29.2 Å². The summed E-state index contributed by atoms with van der Waals surface area (Å²) in [5, 5.41) is 1.82. The summed E-state index contributed by atoms with van der Waals surface area (Å²) < 4.78 is 24.8. The van der Waals surface area contributed by atoms with Gasteiger partial charge in [0.1, 0.15) is 4.90 Å². The zero-order chi connectivity index (χ0) is 14.0. The third-order valence-corrected chi connectivity index (χ3v) is 5.03. The molecular weight excluding hydrogens is 262 g/mol. The standard InChI is InChI=1S/C13H21N3O2S/c1-10-6-5-7-11(2)16(10)15-19(17,18)13-9-4-3-8-12(13)14/h3-4,8-11,15H,5-7,14H2,1-2H3. The molecule has 1 aliphatic heterocycles. The average molecular weight is 283 g/mol. The Labute approximate surface area is 114 Å². The average Bonchev–Trinajstić information content (AvgIpc) is 2.34. The number of sulfonamides is 1. The molecule has 0 aromatic heterocycles. The molecule has 2 unspecified atom stereocenters. The lowest BCUT2D eigenvalue weighted by molar-refractivity contribution is 0.0790. The smallest absolute Gasteiger partial charge is 0.255 e. The van der Waals surface area contributed by atoms with Crippen molar-refractivity contribution in [3.8, 4) is 0 Å². The van der Waals surface area contributed by atoms with Gasteiger partial charge in [0.15, 0.2) is 0 Å². The van der Waals surface area contributed by atoms with Gasteiger partial charge in [-0.15, -0.1) is 4.83 Å². The molecule has 6 heteroatoms. The van der Waals surface area contributed by atoms with Gasteiger partial charge in [0.2, 0.25) is 0 Å². The molecule has 1 fully saturated rings. The molecule has 1 aromatic carbocycles. The molecule has 3 N–H and O–H groups in total. The molecule has 0 radical (unpaired) electrons. The van der Waals surface area contributed by atoms with Crippen molar-refractivity contribution in [2.75, 3.05) is 5.73 Å². The second-order valence-electron chi connectivity index (χ2n) is 5.17. The number of nitrogens with two attached hydrogens (primary N) is 1. The van der Waals surface area contributed by atoms with Gasteiger partial charge >= 0.3 is 0 Å². The Bertz CT molecular complexity index is 535. The second-order valence-corrected chi connectivity index (χ2v) is 6.80.